The lowest BCUT2D eigenvalue weighted by atomic mass is 10.2. The zero-order valence-electron chi connectivity index (χ0n) is 15.9. The van der Waals surface area contributed by atoms with E-state index >= 15 is 0 Å². The number of sulfonamides is 1. The molecule has 1 fully saturated rings. The molecule has 28 heavy (non-hydrogen) atoms. The molecule has 1 aromatic carbocycles. The average molecular weight is 442 g/mol. The normalized spacial score (nSPS) is 16.4. The third kappa shape index (κ3) is 4.93. The molecule has 0 unspecified atom stereocenters. The molecular formula is C19H24ClN3O3S2. The van der Waals surface area contributed by atoms with Gasteiger partial charge in [0.15, 0.2) is 0 Å². The van der Waals surface area contributed by atoms with E-state index < -0.39 is 10.0 Å². The summed E-state index contributed by atoms with van der Waals surface area (Å²) in [7, 11) is -1.56. The molecule has 0 saturated carbocycles. The van der Waals surface area contributed by atoms with Crippen molar-refractivity contribution in [3.63, 3.8) is 0 Å². The zero-order chi connectivity index (χ0) is 20.3. The second kappa shape index (κ2) is 8.92. The second-order valence-electron chi connectivity index (χ2n) is 6.92. The van der Waals surface area contributed by atoms with Crippen molar-refractivity contribution in [1.82, 2.24) is 9.21 Å². The molecule has 1 N–H and O–H groups in total. The van der Waals surface area contributed by atoms with Crippen LogP contribution in [0.2, 0.25) is 4.34 Å². The van der Waals surface area contributed by atoms with Crippen LogP contribution in [0.25, 0.3) is 0 Å². The van der Waals surface area contributed by atoms with Crippen LogP contribution in [0.5, 0.6) is 0 Å². The molecule has 152 valence electrons. The number of anilines is 1. The number of likely N-dealkylation sites (N-methyl/N-ethyl adjacent to an activating group) is 1. The van der Waals surface area contributed by atoms with Crippen LogP contribution in [0, 0.1) is 0 Å². The van der Waals surface area contributed by atoms with Crippen molar-refractivity contribution >= 4 is 44.6 Å². The summed E-state index contributed by atoms with van der Waals surface area (Å²) in [6, 6.07) is 9.80. The highest BCUT2D eigenvalue weighted by Gasteiger charge is 2.27. The fourth-order valence-electron chi connectivity index (χ4n) is 3.05. The predicted molar refractivity (Wildman–Crippen MR) is 113 cm³/mol. The van der Waals surface area contributed by atoms with Crippen molar-refractivity contribution in [3.05, 3.63) is 45.6 Å². The van der Waals surface area contributed by atoms with Gasteiger partial charge in [-0.15, -0.1) is 11.3 Å². The van der Waals surface area contributed by atoms with E-state index in [1.165, 1.54) is 15.6 Å². The molecule has 1 aliphatic heterocycles. The number of rotatable bonds is 7. The van der Waals surface area contributed by atoms with E-state index in [0.29, 0.717) is 25.3 Å². The van der Waals surface area contributed by atoms with Crippen LogP contribution < -0.4 is 5.32 Å². The Hall–Kier alpha value is -1.45. The first kappa shape index (κ1) is 21.3. The summed E-state index contributed by atoms with van der Waals surface area (Å²) < 4.78 is 27.4. The number of carbonyl (C=O) groups excluding carboxylic acids is 1. The summed E-state index contributed by atoms with van der Waals surface area (Å²) in [4.78, 5) is 15.8. The van der Waals surface area contributed by atoms with E-state index in [0.717, 1.165) is 22.1 Å². The molecule has 0 radical (unpaired) electrons. The van der Waals surface area contributed by atoms with E-state index in [1.54, 1.807) is 24.3 Å². The maximum absolute atomic E-state index is 12.6. The van der Waals surface area contributed by atoms with Crippen LogP contribution in [0.1, 0.15) is 24.6 Å². The topological polar surface area (TPSA) is 69.7 Å². The summed E-state index contributed by atoms with van der Waals surface area (Å²) in [6.45, 7) is 3.59. The molecule has 1 saturated heterocycles. The molecular weight excluding hydrogens is 418 g/mol. The number of halogens is 1. The Morgan fingerprint density at radius 3 is 2.43 bits per heavy atom. The third-order valence-corrected chi connectivity index (χ3v) is 8.03. The first-order valence-electron chi connectivity index (χ1n) is 9.13. The SMILES string of the molecule is C[C@@H](C(=O)Nc1ccc(S(=O)(=O)N2CCCC2)cc1)N(C)Cc1ccc(Cl)s1. The Kier molecular flexibility index (Phi) is 6.77. The van der Waals surface area contributed by atoms with Crippen LogP contribution in [0.3, 0.4) is 0 Å². The van der Waals surface area contributed by atoms with Gasteiger partial charge in [0.05, 0.1) is 15.3 Å². The summed E-state index contributed by atoms with van der Waals surface area (Å²) in [5, 5.41) is 2.85. The third-order valence-electron chi connectivity index (χ3n) is 4.90. The number of nitrogens with one attached hydrogen (secondary N) is 1. The van der Waals surface area contributed by atoms with Crippen molar-refractivity contribution < 1.29 is 13.2 Å². The van der Waals surface area contributed by atoms with Gasteiger partial charge in [-0.25, -0.2) is 8.42 Å². The predicted octanol–water partition coefficient (Wildman–Crippen LogP) is 3.65. The van der Waals surface area contributed by atoms with Gasteiger partial charge in [0.25, 0.3) is 0 Å². The highest BCUT2D eigenvalue weighted by atomic mass is 35.5. The molecule has 2 aromatic rings. The van der Waals surface area contributed by atoms with E-state index in [1.807, 2.05) is 31.0 Å². The highest BCUT2D eigenvalue weighted by molar-refractivity contribution is 7.89. The quantitative estimate of drug-likeness (QED) is 0.712. The van der Waals surface area contributed by atoms with Crippen LogP contribution in [0.15, 0.2) is 41.3 Å². The first-order valence-corrected chi connectivity index (χ1v) is 11.8. The van der Waals surface area contributed by atoms with E-state index in [-0.39, 0.29) is 16.8 Å². The van der Waals surface area contributed by atoms with Gasteiger partial charge < -0.3 is 5.32 Å². The summed E-state index contributed by atoms with van der Waals surface area (Å²) in [6.07, 6.45) is 1.80. The number of thiophene rings is 1. The second-order valence-corrected chi connectivity index (χ2v) is 10.7. The Labute approximate surface area is 175 Å². The number of hydrogen-bond acceptors (Lipinski definition) is 5. The van der Waals surface area contributed by atoms with Gasteiger partial charge in [0.1, 0.15) is 0 Å². The number of carbonyl (C=O) groups is 1. The standard InChI is InChI=1S/C19H24ClN3O3S2/c1-14(22(2)13-16-7-10-18(20)27-16)19(24)21-15-5-8-17(9-6-15)28(25,26)23-11-3-4-12-23/h5-10,14H,3-4,11-13H2,1-2H3,(H,21,24)/t14-/m0/s1. The fraction of sp³-hybridized carbons (Fsp3) is 0.421. The molecule has 0 spiro atoms. The lowest BCUT2D eigenvalue weighted by molar-refractivity contribution is -0.120. The van der Waals surface area contributed by atoms with Crippen LogP contribution >= 0.6 is 22.9 Å². The largest absolute Gasteiger partial charge is 0.325 e. The molecule has 0 aliphatic carbocycles. The molecule has 1 aromatic heterocycles. The van der Waals surface area contributed by atoms with Crippen molar-refractivity contribution in [3.8, 4) is 0 Å². The van der Waals surface area contributed by atoms with Gasteiger partial charge in [-0.05, 0) is 63.2 Å². The molecule has 1 amide bonds. The van der Waals surface area contributed by atoms with Crippen molar-refractivity contribution in [1.29, 1.82) is 0 Å². The molecule has 3 rings (SSSR count). The van der Waals surface area contributed by atoms with E-state index in [4.69, 9.17) is 11.6 Å². The van der Waals surface area contributed by atoms with E-state index in [2.05, 4.69) is 5.32 Å². The number of amides is 1. The maximum Gasteiger partial charge on any atom is 0.243 e. The Bertz CT molecular complexity index is 922. The van der Waals surface area contributed by atoms with Crippen molar-refractivity contribution in [2.75, 3.05) is 25.5 Å². The molecule has 9 heteroatoms. The minimum Gasteiger partial charge on any atom is -0.325 e. The fourth-order valence-corrected chi connectivity index (χ4v) is 5.72. The minimum atomic E-state index is -3.44. The zero-order valence-corrected chi connectivity index (χ0v) is 18.3. The smallest absolute Gasteiger partial charge is 0.243 e. The minimum absolute atomic E-state index is 0.152. The van der Waals surface area contributed by atoms with Gasteiger partial charge in [-0.1, -0.05) is 11.6 Å². The summed E-state index contributed by atoms with van der Waals surface area (Å²) in [5.74, 6) is -0.152. The van der Waals surface area contributed by atoms with E-state index in [9.17, 15) is 13.2 Å². The molecule has 1 aliphatic rings. The van der Waals surface area contributed by atoms with Crippen LogP contribution in [-0.4, -0.2) is 49.7 Å². The first-order chi connectivity index (χ1) is 13.3. The van der Waals surface area contributed by atoms with Crippen LogP contribution in [-0.2, 0) is 21.4 Å². The van der Waals surface area contributed by atoms with Crippen molar-refractivity contribution in [2.45, 2.75) is 37.2 Å². The molecule has 1 atom stereocenters. The monoisotopic (exact) mass is 441 g/mol. The van der Waals surface area contributed by atoms with Gasteiger partial charge in [-0.3, -0.25) is 9.69 Å². The van der Waals surface area contributed by atoms with Crippen LogP contribution in [0.4, 0.5) is 5.69 Å². The Morgan fingerprint density at radius 2 is 1.86 bits per heavy atom. The van der Waals surface area contributed by atoms with Gasteiger partial charge >= 0.3 is 0 Å². The number of nitrogens with zero attached hydrogens (tertiary/aromatic N) is 2. The van der Waals surface area contributed by atoms with Gasteiger partial charge in [-0.2, -0.15) is 4.31 Å². The molecule has 6 nitrogen and oxygen atoms in total. The maximum atomic E-state index is 12.6. The van der Waals surface area contributed by atoms with Crippen molar-refractivity contribution in [2.24, 2.45) is 0 Å². The van der Waals surface area contributed by atoms with Gasteiger partial charge in [0, 0.05) is 30.2 Å². The summed E-state index contributed by atoms with van der Waals surface area (Å²) in [5.41, 5.74) is 0.574. The average Bonchev–Trinajstić information content (AvgIpc) is 3.34. The number of benzene rings is 1. The van der Waals surface area contributed by atoms with Gasteiger partial charge in [0.2, 0.25) is 15.9 Å². The lowest BCUT2D eigenvalue weighted by Gasteiger charge is -2.23. The number of hydrogen-bond donors (Lipinski definition) is 1. The molecule has 0 bridgehead atoms. The Morgan fingerprint density at radius 1 is 1.21 bits per heavy atom. The Balaban J connectivity index is 1.60. The lowest BCUT2D eigenvalue weighted by Crippen LogP contribution is -2.39. The highest BCUT2D eigenvalue weighted by Crippen LogP contribution is 2.24. The molecule has 2 heterocycles. The summed E-state index contributed by atoms with van der Waals surface area (Å²) >= 11 is 7.45.